The molecule has 1 heterocycles. The van der Waals surface area contributed by atoms with Crippen LogP contribution in [0.15, 0.2) is 18.2 Å². The van der Waals surface area contributed by atoms with Crippen molar-refractivity contribution in [1.82, 2.24) is 4.90 Å². The zero-order valence-electron chi connectivity index (χ0n) is 9.75. The molecule has 0 bridgehead atoms. The highest BCUT2D eigenvalue weighted by atomic mass is 19.1. The monoisotopic (exact) mass is 233 g/mol. The van der Waals surface area contributed by atoms with Crippen LogP contribution in [0.3, 0.4) is 0 Å². The second kappa shape index (κ2) is 5.81. The Hall–Kier alpha value is -1.37. The zero-order valence-corrected chi connectivity index (χ0v) is 9.75. The molecular weight excluding hydrogens is 217 g/mol. The first-order chi connectivity index (χ1) is 8.29. The van der Waals surface area contributed by atoms with Crippen molar-refractivity contribution in [2.45, 2.75) is 19.4 Å². The third kappa shape index (κ3) is 3.29. The molecule has 1 aliphatic rings. The fraction of sp³-hybridized carbons (Fsp3) is 0.429. The predicted molar refractivity (Wildman–Crippen MR) is 64.9 cm³/mol. The highest BCUT2D eigenvalue weighted by molar-refractivity contribution is 5.37. The van der Waals surface area contributed by atoms with Crippen molar-refractivity contribution >= 4 is 0 Å². The number of hydrogen-bond donors (Lipinski definition) is 1. The molecular formula is C14H16FNO. The van der Waals surface area contributed by atoms with Crippen LogP contribution in [-0.2, 0) is 6.54 Å². The normalized spacial score (nSPS) is 15.6. The van der Waals surface area contributed by atoms with Gasteiger partial charge >= 0.3 is 0 Å². The van der Waals surface area contributed by atoms with Crippen LogP contribution in [0.5, 0.6) is 0 Å². The average Bonchev–Trinajstić information content (AvgIpc) is 2.82. The minimum Gasteiger partial charge on any atom is -0.384 e. The Balaban J connectivity index is 2.08. The zero-order chi connectivity index (χ0) is 12.1. The van der Waals surface area contributed by atoms with Crippen molar-refractivity contribution in [3.63, 3.8) is 0 Å². The predicted octanol–water partition coefficient (Wildman–Crippen LogP) is 1.77. The van der Waals surface area contributed by atoms with Crippen molar-refractivity contribution in [2.75, 3.05) is 19.7 Å². The summed E-state index contributed by atoms with van der Waals surface area (Å²) in [6.45, 7) is 2.60. The van der Waals surface area contributed by atoms with E-state index in [1.54, 1.807) is 12.1 Å². The quantitative estimate of drug-likeness (QED) is 0.787. The van der Waals surface area contributed by atoms with E-state index in [4.69, 9.17) is 5.11 Å². The van der Waals surface area contributed by atoms with E-state index in [-0.39, 0.29) is 12.4 Å². The van der Waals surface area contributed by atoms with Gasteiger partial charge in [-0.15, -0.1) is 0 Å². The molecule has 0 unspecified atom stereocenters. The molecule has 17 heavy (non-hydrogen) atoms. The molecule has 0 aromatic heterocycles. The summed E-state index contributed by atoms with van der Waals surface area (Å²) < 4.78 is 13.8. The molecule has 0 aliphatic carbocycles. The summed E-state index contributed by atoms with van der Waals surface area (Å²) >= 11 is 0. The van der Waals surface area contributed by atoms with Crippen LogP contribution in [0, 0.1) is 17.7 Å². The van der Waals surface area contributed by atoms with Gasteiger partial charge in [-0.25, -0.2) is 4.39 Å². The summed E-state index contributed by atoms with van der Waals surface area (Å²) in [5, 5.41) is 8.57. The van der Waals surface area contributed by atoms with Crippen LogP contribution in [0.2, 0.25) is 0 Å². The van der Waals surface area contributed by atoms with Crippen LogP contribution in [-0.4, -0.2) is 29.7 Å². The summed E-state index contributed by atoms with van der Waals surface area (Å²) in [4.78, 5) is 2.26. The summed E-state index contributed by atoms with van der Waals surface area (Å²) in [7, 11) is 0. The molecule has 1 aromatic carbocycles. The Bertz CT molecular complexity index is 441. The molecule has 2 rings (SSSR count). The number of nitrogens with zero attached hydrogens (tertiary/aromatic N) is 1. The third-order valence-corrected chi connectivity index (χ3v) is 2.96. The lowest BCUT2D eigenvalue weighted by atomic mass is 10.1. The lowest BCUT2D eigenvalue weighted by molar-refractivity contribution is 0.325. The standard InChI is InChI=1S/C14H16FNO/c15-14-10-12(4-3-9-17)5-6-13(14)11-16-7-1-2-8-16/h5-6,10,17H,1-2,7-9,11H2. The van der Waals surface area contributed by atoms with Crippen molar-refractivity contribution in [3.05, 3.63) is 35.1 Å². The van der Waals surface area contributed by atoms with Gasteiger partial charge in [0.2, 0.25) is 0 Å². The fourth-order valence-corrected chi connectivity index (χ4v) is 2.08. The van der Waals surface area contributed by atoms with Gasteiger partial charge in [0.15, 0.2) is 0 Å². The Labute approximate surface area is 101 Å². The third-order valence-electron chi connectivity index (χ3n) is 2.96. The maximum Gasteiger partial charge on any atom is 0.128 e. The topological polar surface area (TPSA) is 23.5 Å². The number of rotatable bonds is 2. The number of aliphatic hydroxyl groups is 1. The van der Waals surface area contributed by atoms with Crippen molar-refractivity contribution in [1.29, 1.82) is 0 Å². The van der Waals surface area contributed by atoms with Gasteiger partial charge < -0.3 is 5.11 Å². The van der Waals surface area contributed by atoms with Crippen molar-refractivity contribution in [3.8, 4) is 11.8 Å². The van der Waals surface area contributed by atoms with Gasteiger partial charge in [0.1, 0.15) is 12.4 Å². The Kier molecular flexibility index (Phi) is 4.13. The first kappa shape index (κ1) is 12.1. The first-order valence-corrected chi connectivity index (χ1v) is 5.90. The molecule has 1 aromatic rings. The second-order valence-corrected chi connectivity index (χ2v) is 4.25. The van der Waals surface area contributed by atoms with Gasteiger partial charge in [-0.1, -0.05) is 17.9 Å². The maximum atomic E-state index is 13.8. The van der Waals surface area contributed by atoms with E-state index < -0.39 is 0 Å². The molecule has 0 radical (unpaired) electrons. The molecule has 0 atom stereocenters. The van der Waals surface area contributed by atoms with Gasteiger partial charge in [0.05, 0.1) is 0 Å². The lowest BCUT2D eigenvalue weighted by Gasteiger charge is -2.14. The highest BCUT2D eigenvalue weighted by Crippen LogP contribution is 2.16. The van der Waals surface area contributed by atoms with Gasteiger partial charge in [0.25, 0.3) is 0 Å². The number of halogens is 1. The SMILES string of the molecule is OCC#Cc1ccc(CN2CCCC2)c(F)c1. The van der Waals surface area contributed by atoms with E-state index in [0.29, 0.717) is 12.1 Å². The van der Waals surface area contributed by atoms with Crippen molar-refractivity contribution < 1.29 is 9.50 Å². The van der Waals surface area contributed by atoms with Gasteiger partial charge in [-0.2, -0.15) is 0 Å². The van der Waals surface area contributed by atoms with E-state index in [1.165, 1.54) is 18.9 Å². The summed E-state index contributed by atoms with van der Waals surface area (Å²) in [5.41, 5.74) is 1.34. The Morgan fingerprint density at radius 3 is 2.71 bits per heavy atom. The number of hydrogen-bond acceptors (Lipinski definition) is 2. The minimum atomic E-state index is -0.207. The smallest absolute Gasteiger partial charge is 0.128 e. The van der Waals surface area contributed by atoms with Crippen LogP contribution < -0.4 is 0 Å². The van der Waals surface area contributed by atoms with Crippen LogP contribution >= 0.6 is 0 Å². The first-order valence-electron chi connectivity index (χ1n) is 5.90. The minimum absolute atomic E-state index is 0.197. The molecule has 1 fully saturated rings. The van der Waals surface area contributed by atoms with Crippen molar-refractivity contribution in [2.24, 2.45) is 0 Å². The summed E-state index contributed by atoms with van der Waals surface area (Å²) in [6.07, 6.45) is 2.42. The molecule has 3 heteroatoms. The second-order valence-electron chi connectivity index (χ2n) is 4.25. The van der Waals surface area contributed by atoms with E-state index in [1.807, 2.05) is 0 Å². The molecule has 2 nitrogen and oxygen atoms in total. The summed E-state index contributed by atoms with van der Waals surface area (Å²) in [5.74, 6) is 5.01. The maximum absolute atomic E-state index is 13.8. The number of aliphatic hydroxyl groups excluding tert-OH is 1. The van der Waals surface area contributed by atoms with E-state index in [0.717, 1.165) is 18.7 Å². The molecule has 0 saturated carbocycles. The van der Waals surface area contributed by atoms with Gasteiger partial charge in [0, 0.05) is 17.7 Å². The van der Waals surface area contributed by atoms with E-state index in [2.05, 4.69) is 16.7 Å². The van der Waals surface area contributed by atoms with Crippen LogP contribution in [0.4, 0.5) is 4.39 Å². The Morgan fingerprint density at radius 1 is 1.29 bits per heavy atom. The molecule has 90 valence electrons. The Morgan fingerprint density at radius 2 is 2.06 bits per heavy atom. The van der Waals surface area contributed by atoms with Crippen LogP contribution in [0.1, 0.15) is 24.0 Å². The van der Waals surface area contributed by atoms with Gasteiger partial charge in [-0.3, -0.25) is 4.90 Å². The number of likely N-dealkylation sites (tertiary alicyclic amines) is 1. The molecule has 0 amide bonds. The molecule has 1 saturated heterocycles. The lowest BCUT2D eigenvalue weighted by Crippen LogP contribution is -2.19. The van der Waals surface area contributed by atoms with E-state index >= 15 is 0 Å². The molecule has 1 N–H and O–H groups in total. The fourth-order valence-electron chi connectivity index (χ4n) is 2.08. The summed E-state index contributed by atoms with van der Waals surface area (Å²) in [6, 6.07) is 5.03. The average molecular weight is 233 g/mol. The molecule has 0 spiro atoms. The molecule has 1 aliphatic heterocycles. The van der Waals surface area contributed by atoms with Gasteiger partial charge in [-0.05, 0) is 38.1 Å². The number of benzene rings is 1. The largest absolute Gasteiger partial charge is 0.384 e. The highest BCUT2D eigenvalue weighted by Gasteiger charge is 2.13. The van der Waals surface area contributed by atoms with E-state index in [9.17, 15) is 4.39 Å². The van der Waals surface area contributed by atoms with Crippen LogP contribution in [0.25, 0.3) is 0 Å².